The van der Waals surface area contributed by atoms with Gasteiger partial charge in [-0.2, -0.15) is 0 Å². The van der Waals surface area contributed by atoms with E-state index in [0.717, 1.165) is 5.75 Å². The largest absolute Gasteiger partial charge is 0.490 e. The van der Waals surface area contributed by atoms with E-state index in [1.54, 1.807) is 24.3 Å². The van der Waals surface area contributed by atoms with E-state index in [9.17, 15) is 9.59 Å². The normalized spacial score (nSPS) is 9.89. The Balaban J connectivity index is 1.67. The average Bonchev–Trinajstić information content (AvgIpc) is 2.71. The molecule has 0 heterocycles. The van der Waals surface area contributed by atoms with Crippen LogP contribution in [0.4, 0.5) is 5.69 Å². The zero-order chi connectivity index (χ0) is 20.2. The second-order valence-electron chi connectivity index (χ2n) is 5.61. The summed E-state index contributed by atoms with van der Waals surface area (Å²) < 4.78 is 15.7. The van der Waals surface area contributed by atoms with E-state index in [-0.39, 0.29) is 23.9 Å². The van der Waals surface area contributed by atoms with Gasteiger partial charge < -0.3 is 24.8 Å². The van der Waals surface area contributed by atoms with Gasteiger partial charge in [-0.3, -0.25) is 9.59 Å². The molecule has 8 heteroatoms. The van der Waals surface area contributed by atoms with Crippen molar-refractivity contribution in [3.8, 4) is 11.5 Å². The van der Waals surface area contributed by atoms with E-state index in [4.69, 9.17) is 21.7 Å². The van der Waals surface area contributed by atoms with Crippen LogP contribution in [0, 0.1) is 0 Å². The summed E-state index contributed by atoms with van der Waals surface area (Å²) in [5, 5.41) is 5.55. The maximum absolute atomic E-state index is 11.7. The fourth-order valence-corrected chi connectivity index (χ4v) is 2.37. The number of carbonyl (C=O) groups excluding carboxylic acids is 2. The lowest BCUT2D eigenvalue weighted by Gasteiger charge is -2.11. The monoisotopic (exact) mass is 402 g/mol. The molecule has 2 N–H and O–H groups in total. The molecule has 0 saturated carbocycles. The molecule has 0 aliphatic heterocycles. The van der Waals surface area contributed by atoms with E-state index in [1.807, 2.05) is 30.3 Å². The van der Waals surface area contributed by atoms with Gasteiger partial charge in [-0.15, -0.1) is 0 Å². The van der Waals surface area contributed by atoms with Crippen LogP contribution < -0.4 is 20.1 Å². The summed E-state index contributed by atoms with van der Waals surface area (Å²) in [6.45, 7) is 0.849. The first-order valence-corrected chi connectivity index (χ1v) is 9.06. The summed E-state index contributed by atoms with van der Waals surface area (Å²) in [7, 11) is 1.27. The number of nitrogens with one attached hydrogen (secondary N) is 2. The molecule has 0 aliphatic rings. The van der Waals surface area contributed by atoms with E-state index in [1.165, 1.54) is 7.11 Å². The standard InChI is InChI=1S/C20H22N2O5S/c1-25-19(24)12-11-18(23)22-20(28)21-15-7-9-17(10-8-15)27-14-13-26-16-5-3-2-4-6-16/h2-10H,11-14H2,1H3,(H2,21,22,23,28). The topological polar surface area (TPSA) is 85.9 Å². The Labute approximate surface area is 169 Å². The number of para-hydroxylation sites is 1. The molecule has 0 saturated heterocycles. The third-order valence-electron chi connectivity index (χ3n) is 3.51. The van der Waals surface area contributed by atoms with Crippen LogP contribution in [-0.2, 0) is 14.3 Å². The lowest BCUT2D eigenvalue weighted by molar-refractivity contribution is -0.142. The summed E-state index contributed by atoms with van der Waals surface area (Å²) in [5.74, 6) is 0.683. The van der Waals surface area contributed by atoms with Gasteiger partial charge in [0.2, 0.25) is 5.91 Å². The first-order chi connectivity index (χ1) is 13.6. The Hall–Kier alpha value is -3.13. The molecule has 2 aromatic rings. The van der Waals surface area contributed by atoms with Gasteiger partial charge in [0, 0.05) is 12.1 Å². The molecule has 0 aromatic heterocycles. The minimum atomic E-state index is -0.446. The second kappa shape index (κ2) is 11.6. The van der Waals surface area contributed by atoms with Crippen LogP contribution in [-0.4, -0.2) is 37.3 Å². The van der Waals surface area contributed by atoms with Crippen LogP contribution >= 0.6 is 12.2 Å². The van der Waals surface area contributed by atoms with E-state index in [2.05, 4.69) is 15.4 Å². The smallest absolute Gasteiger partial charge is 0.306 e. The molecule has 0 spiro atoms. The lowest BCUT2D eigenvalue weighted by atomic mass is 10.3. The Morgan fingerprint density at radius 3 is 2.11 bits per heavy atom. The first-order valence-electron chi connectivity index (χ1n) is 8.65. The van der Waals surface area contributed by atoms with Crippen molar-refractivity contribution in [1.29, 1.82) is 0 Å². The fourth-order valence-electron chi connectivity index (χ4n) is 2.14. The number of thiocarbonyl (C=S) groups is 1. The van der Waals surface area contributed by atoms with Gasteiger partial charge in [-0.1, -0.05) is 18.2 Å². The third-order valence-corrected chi connectivity index (χ3v) is 3.72. The number of esters is 1. The predicted octanol–water partition coefficient (Wildman–Crippen LogP) is 2.91. The molecular weight excluding hydrogens is 380 g/mol. The molecule has 1 amide bonds. The average molecular weight is 402 g/mol. The molecule has 0 atom stereocenters. The highest BCUT2D eigenvalue weighted by Crippen LogP contribution is 2.16. The van der Waals surface area contributed by atoms with Crippen LogP contribution in [0.15, 0.2) is 54.6 Å². The van der Waals surface area contributed by atoms with Gasteiger partial charge in [-0.25, -0.2) is 0 Å². The molecule has 0 radical (unpaired) electrons. The summed E-state index contributed by atoms with van der Waals surface area (Å²) in [6.07, 6.45) is 0.0112. The van der Waals surface area contributed by atoms with E-state index < -0.39 is 5.97 Å². The summed E-state index contributed by atoms with van der Waals surface area (Å²) in [4.78, 5) is 22.7. The second-order valence-corrected chi connectivity index (χ2v) is 6.02. The molecule has 2 rings (SSSR count). The van der Waals surface area contributed by atoms with Gasteiger partial charge in [0.1, 0.15) is 24.7 Å². The van der Waals surface area contributed by atoms with Crippen molar-refractivity contribution >= 4 is 34.9 Å². The molecule has 0 bridgehead atoms. The number of anilines is 1. The van der Waals surface area contributed by atoms with Crippen molar-refractivity contribution in [3.05, 3.63) is 54.6 Å². The van der Waals surface area contributed by atoms with Crippen molar-refractivity contribution in [2.75, 3.05) is 25.6 Å². The van der Waals surface area contributed by atoms with Gasteiger partial charge in [-0.05, 0) is 48.6 Å². The van der Waals surface area contributed by atoms with Crippen LogP contribution in [0.1, 0.15) is 12.8 Å². The zero-order valence-corrected chi connectivity index (χ0v) is 16.3. The Kier molecular flexibility index (Phi) is 8.74. The number of benzene rings is 2. The highest BCUT2D eigenvalue weighted by atomic mass is 32.1. The third kappa shape index (κ3) is 8.05. The van der Waals surface area contributed by atoms with E-state index >= 15 is 0 Å². The van der Waals surface area contributed by atoms with Crippen LogP contribution in [0.3, 0.4) is 0 Å². The molecule has 148 valence electrons. The highest BCUT2D eigenvalue weighted by Gasteiger charge is 2.08. The van der Waals surface area contributed by atoms with Crippen molar-refractivity contribution in [1.82, 2.24) is 5.32 Å². The molecule has 2 aromatic carbocycles. The quantitative estimate of drug-likeness (QED) is 0.379. The number of rotatable bonds is 9. The van der Waals surface area contributed by atoms with Gasteiger partial charge in [0.15, 0.2) is 5.11 Å². The SMILES string of the molecule is COC(=O)CCC(=O)NC(=S)Nc1ccc(OCCOc2ccccc2)cc1. The lowest BCUT2D eigenvalue weighted by Crippen LogP contribution is -2.34. The number of hydrogen-bond acceptors (Lipinski definition) is 6. The number of carbonyl (C=O) groups is 2. The summed E-state index contributed by atoms with van der Waals surface area (Å²) in [5.41, 5.74) is 0.700. The highest BCUT2D eigenvalue weighted by molar-refractivity contribution is 7.80. The number of hydrogen-bond donors (Lipinski definition) is 2. The number of amides is 1. The van der Waals surface area contributed by atoms with Crippen LogP contribution in [0.2, 0.25) is 0 Å². The maximum atomic E-state index is 11.7. The molecule has 0 fully saturated rings. The molecule has 0 aliphatic carbocycles. The minimum Gasteiger partial charge on any atom is -0.490 e. The molecular formula is C20H22N2O5S. The van der Waals surface area contributed by atoms with Gasteiger partial charge in [0.25, 0.3) is 0 Å². The van der Waals surface area contributed by atoms with Crippen molar-refractivity contribution < 1.29 is 23.8 Å². The molecule has 28 heavy (non-hydrogen) atoms. The Bertz CT molecular complexity index is 781. The summed E-state index contributed by atoms with van der Waals surface area (Å²) in [6, 6.07) is 16.6. The van der Waals surface area contributed by atoms with Crippen molar-refractivity contribution in [2.45, 2.75) is 12.8 Å². The Morgan fingerprint density at radius 2 is 1.50 bits per heavy atom. The zero-order valence-electron chi connectivity index (χ0n) is 15.5. The molecule has 0 unspecified atom stereocenters. The number of ether oxygens (including phenoxy) is 3. The summed E-state index contributed by atoms with van der Waals surface area (Å²) >= 11 is 5.08. The van der Waals surface area contributed by atoms with Crippen LogP contribution in [0.5, 0.6) is 11.5 Å². The van der Waals surface area contributed by atoms with E-state index in [0.29, 0.717) is 24.7 Å². The minimum absolute atomic E-state index is 0.00493. The first kappa shape index (κ1) is 21.2. The molecule has 7 nitrogen and oxygen atoms in total. The Morgan fingerprint density at radius 1 is 0.893 bits per heavy atom. The van der Waals surface area contributed by atoms with Crippen molar-refractivity contribution in [2.24, 2.45) is 0 Å². The van der Waals surface area contributed by atoms with Gasteiger partial charge >= 0.3 is 5.97 Å². The van der Waals surface area contributed by atoms with Crippen molar-refractivity contribution in [3.63, 3.8) is 0 Å². The predicted molar refractivity (Wildman–Crippen MR) is 109 cm³/mol. The maximum Gasteiger partial charge on any atom is 0.306 e. The fraction of sp³-hybridized carbons (Fsp3) is 0.250. The van der Waals surface area contributed by atoms with Gasteiger partial charge in [0.05, 0.1) is 13.5 Å². The number of methoxy groups -OCH3 is 1. The van der Waals surface area contributed by atoms with Crippen LogP contribution in [0.25, 0.3) is 0 Å².